The standard InChI is InChI=1S/C20H21NO2/c1-15(22)18(13-14-21-2)20(23)19(16-9-5-3-6-10-16)17-11-7-4-8-12-17/h3-13,19,21H,14H2,1-2H3/b18-13+. The predicted molar refractivity (Wildman–Crippen MR) is 92.4 cm³/mol. The molecule has 3 heteroatoms. The van der Waals surface area contributed by atoms with Gasteiger partial charge in [0.1, 0.15) is 0 Å². The molecule has 0 aliphatic carbocycles. The van der Waals surface area contributed by atoms with Gasteiger partial charge in [0.25, 0.3) is 0 Å². The highest BCUT2D eigenvalue weighted by atomic mass is 16.1. The molecule has 2 aromatic carbocycles. The molecule has 1 N–H and O–H groups in total. The molecule has 0 unspecified atom stereocenters. The van der Waals surface area contributed by atoms with E-state index < -0.39 is 5.92 Å². The summed E-state index contributed by atoms with van der Waals surface area (Å²) in [4.78, 5) is 25.0. The van der Waals surface area contributed by atoms with Crippen molar-refractivity contribution in [3.05, 3.63) is 83.4 Å². The van der Waals surface area contributed by atoms with Gasteiger partial charge in [0.15, 0.2) is 11.6 Å². The van der Waals surface area contributed by atoms with E-state index in [9.17, 15) is 9.59 Å². The van der Waals surface area contributed by atoms with E-state index in [0.29, 0.717) is 6.54 Å². The van der Waals surface area contributed by atoms with Crippen LogP contribution >= 0.6 is 0 Å². The zero-order chi connectivity index (χ0) is 16.7. The molecule has 0 fully saturated rings. The van der Waals surface area contributed by atoms with Crippen molar-refractivity contribution in [2.75, 3.05) is 13.6 Å². The summed E-state index contributed by atoms with van der Waals surface area (Å²) in [6, 6.07) is 19.1. The first-order valence-corrected chi connectivity index (χ1v) is 7.65. The molecule has 0 radical (unpaired) electrons. The first kappa shape index (κ1) is 16.8. The maximum atomic E-state index is 13.1. The smallest absolute Gasteiger partial charge is 0.177 e. The highest BCUT2D eigenvalue weighted by Crippen LogP contribution is 2.28. The lowest BCUT2D eigenvalue weighted by Crippen LogP contribution is -2.21. The van der Waals surface area contributed by atoms with Gasteiger partial charge in [-0.15, -0.1) is 0 Å². The molecule has 0 amide bonds. The lowest BCUT2D eigenvalue weighted by Gasteiger charge is -2.18. The van der Waals surface area contributed by atoms with Crippen molar-refractivity contribution in [3.8, 4) is 0 Å². The predicted octanol–water partition coefficient (Wildman–Crippen LogP) is 3.12. The Morgan fingerprint density at radius 1 is 0.957 bits per heavy atom. The van der Waals surface area contributed by atoms with Gasteiger partial charge in [0, 0.05) is 6.54 Å². The average molecular weight is 307 g/mol. The van der Waals surface area contributed by atoms with Crippen molar-refractivity contribution in [2.45, 2.75) is 12.8 Å². The molecule has 2 aromatic rings. The molecular formula is C20H21NO2. The Kier molecular flexibility index (Phi) is 6.01. The van der Waals surface area contributed by atoms with Gasteiger partial charge >= 0.3 is 0 Å². The fourth-order valence-corrected chi connectivity index (χ4v) is 2.56. The van der Waals surface area contributed by atoms with Crippen molar-refractivity contribution in [2.24, 2.45) is 0 Å². The average Bonchev–Trinajstić information content (AvgIpc) is 2.57. The summed E-state index contributed by atoms with van der Waals surface area (Å²) < 4.78 is 0. The summed E-state index contributed by atoms with van der Waals surface area (Å²) >= 11 is 0. The number of hydrogen-bond donors (Lipinski definition) is 1. The van der Waals surface area contributed by atoms with Gasteiger partial charge in [0.2, 0.25) is 0 Å². The Hall–Kier alpha value is -2.52. The second-order valence-electron chi connectivity index (χ2n) is 5.35. The van der Waals surface area contributed by atoms with E-state index in [-0.39, 0.29) is 17.1 Å². The minimum atomic E-state index is -0.468. The van der Waals surface area contributed by atoms with Crippen LogP contribution in [0.5, 0.6) is 0 Å². The highest BCUT2D eigenvalue weighted by molar-refractivity contribution is 6.22. The fourth-order valence-electron chi connectivity index (χ4n) is 2.56. The van der Waals surface area contributed by atoms with Gasteiger partial charge < -0.3 is 5.32 Å². The number of allylic oxidation sites excluding steroid dienone is 1. The normalized spacial score (nSPS) is 11.5. The zero-order valence-corrected chi connectivity index (χ0v) is 13.5. The van der Waals surface area contributed by atoms with Crippen molar-refractivity contribution in [1.29, 1.82) is 0 Å². The molecule has 0 heterocycles. The van der Waals surface area contributed by atoms with Crippen LogP contribution in [0.4, 0.5) is 0 Å². The number of nitrogens with one attached hydrogen (secondary N) is 1. The first-order chi connectivity index (χ1) is 11.1. The summed E-state index contributed by atoms with van der Waals surface area (Å²) in [6.45, 7) is 1.92. The van der Waals surface area contributed by atoms with E-state index in [0.717, 1.165) is 11.1 Å². The number of Topliss-reactive ketones (excluding diaryl/α,β-unsaturated/α-hetero) is 2. The lowest BCUT2D eigenvalue weighted by molar-refractivity contribution is -0.120. The van der Waals surface area contributed by atoms with Crippen LogP contribution in [0.2, 0.25) is 0 Å². The van der Waals surface area contributed by atoms with Crippen molar-refractivity contribution < 1.29 is 9.59 Å². The largest absolute Gasteiger partial charge is 0.316 e. The minimum absolute atomic E-state index is 0.162. The Morgan fingerprint density at radius 2 is 1.43 bits per heavy atom. The zero-order valence-electron chi connectivity index (χ0n) is 13.5. The molecule has 0 aromatic heterocycles. The van der Waals surface area contributed by atoms with Crippen LogP contribution in [0.1, 0.15) is 24.0 Å². The Labute approximate surface area is 137 Å². The maximum absolute atomic E-state index is 13.1. The van der Waals surface area contributed by atoms with E-state index in [1.165, 1.54) is 6.92 Å². The van der Waals surface area contributed by atoms with Gasteiger partial charge in [-0.05, 0) is 25.1 Å². The van der Waals surface area contributed by atoms with Gasteiger partial charge in [-0.2, -0.15) is 0 Å². The molecule has 23 heavy (non-hydrogen) atoms. The summed E-state index contributed by atoms with van der Waals surface area (Å²) in [7, 11) is 1.78. The molecule has 0 aliphatic rings. The fraction of sp³-hybridized carbons (Fsp3) is 0.200. The maximum Gasteiger partial charge on any atom is 0.177 e. The van der Waals surface area contributed by atoms with E-state index in [1.54, 1.807) is 13.1 Å². The van der Waals surface area contributed by atoms with E-state index in [1.807, 2.05) is 60.7 Å². The van der Waals surface area contributed by atoms with E-state index in [4.69, 9.17) is 0 Å². The molecule has 0 bridgehead atoms. The first-order valence-electron chi connectivity index (χ1n) is 7.65. The number of rotatable bonds is 7. The van der Waals surface area contributed by atoms with Crippen LogP contribution in [-0.2, 0) is 9.59 Å². The third-order valence-electron chi connectivity index (χ3n) is 3.68. The molecule has 118 valence electrons. The van der Waals surface area contributed by atoms with Gasteiger partial charge in [-0.3, -0.25) is 9.59 Å². The minimum Gasteiger partial charge on any atom is -0.316 e. The van der Waals surface area contributed by atoms with Crippen molar-refractivity contribution in [1.82, 2.24) is 5.32 Å². The molecule has 2 rings (SSSR count). The Balaban J connectivity index is 2.49. The van der Waals surface area contributed by atoms with Crippen LogP contribution in [0.25, 0.3) is 0 Å². The molecule has 0 spiro atoms. The third-order valence-corrected chi connectivity index (χ3v) is 3.68. The topological polar surface area (TPSA) is 46.2 Å². The second-order valence-corrected chi connectivity index (χ2v) is 5.35. The summed E-state index contributed by atoms with van der Waals surface area (Å²) in [6.07, 6.45) is 1.67. The molecule has 0 aliphatic heterocycles. The van der Waals surface area contributed by atoms with Gasteiger partial charge in [-0.1, -0.05) is 66.7 Å². The number of carbonyl (C=O) groups is 2. The molecular weight excluding hydrogens is 286 g/mol. The van der Waals surface area contributed by atoms with Crippen LogP contribution in [0.3, 0.4) is 0 Å². The molecule has 0 saturated carbocycles. The molecule has 0 atom stereocenters. The van der Waals surface area contributed by atoms with Crippen LogP contribution in [0.15, 0.2) is 72.3 Å². The van der Waals surface area contributed by atoms with E-state index >= 15 is 0 Å². The molecule has 0 saturated heterocycles. The lowest BCUT2D eigenvalue weighted by atomic mass is 9.83. The monoisotopic (exact) mass is 307 g/mol. The van der Waals surface area contributed by atoms with Crippen molar-refractivity contribution >= 4 is 11.6 Å². The van der Waals surface area contributed by atoms with Crippen LogP contribution in [0, 0.1) is 0 Å². The van der Waals surface area contributed by atoms with Crippen LogP contribution < -0.4 is 5.32 Å². The van der Waals surface area contributed by atoms with Crippen LogP contribution in [-0.4, -0.2) is 25.2 Å². The SMILES string of the molecule is CNC/C=C(\C(C)=O)C(=O)C(c1ccccc1)c1ccccc1. The quantitative estimate of drug-likeness (QED) is 0.486. The number of hydrogen-bond acceptors (Lipinski definition) is 3. The summed E-state index contributed by atoms with van der Waals surface area (Å²) in [5.41, 5.74) is 2.03. The summed E-state index contributed by atoms with van der Waals surface area (Å²) in [5.74, 6) is -0.836. The number of ketones is 2. The highest BCUT2D eigenvalue weighted by Gasteiger charge is 2.27. The third kappa shape index (κ3) is 4.24. The van der Waals surface area contributed by atoms with E-state index in [2.05, 4.69) is 5.32 Å². The van der Waals surface area contributed by atoms with Crippen molar-refractivity contribution in [3.63, 3.8) is 0 Å². The number of benzene rings is 2. The second kappa shape index (κ2) is 8.20. The van der Waals surface area contributed by atoms with Gasteiger partial charge in [0.05, 0.1) is 11.5 Å². The number of likely N-dealkylation sites (N-methyl/N-ethyl adjacent to an activating group) is 1. The Morgan fingerprint density at radius 3 is 1.83 bits per heavy atom. The number of carbonyl (C=O) groups excluding carboxylic acids is 2. The Bertz CT molecular complexity index is 651. The summed E-state index contributed by atoms with van der Waals surface area (Å²) in [5, 5.41) is 2.95. The molecule has 3 nitrogen and oxygen atoms in total. The van der Waals surface area contributed by atoms with Gasteiger partial charge in [-0.25, -0.2) is 0 Å².